The summed E-state index contributed by atoms with van der Waals surface area (Å²) in [6.45, 7) is -4.82. The van der Waals surface area contributed by atoms with Gasteiger partial charge in [-0.3, -0.25) is 91.0 Å². The van der Waals surface area contributed by atoms with Crippen molar-refractivity contribution in [1.29, 1.82) is 0 Å². The molecule has 0 saturated carbocycles. The molecule has 0 spiro atoms. The Labute approximate surface area is 642 Å². The first-order valence-corrected chi connectivity index (χ1v) is 37.5. The molecular weight excluding hydrogens is 1570 g/mol. The number of non-ortho nitro benzene ring substituents is 6. The van der Waals surface area contributed by atoms with E-state index in [0.29, 0.717) is 0 Å². The van der Waals surface area contributed by atoms with Gasteiger partial charge in [0.2, 0.25) is 30.1 Å². The van der Waals surface area contributed by atoms with Crippen molar-refractivity contribution in [1.82, 2.24) is 14.2 Å². The standard InChI is InChI=1S/C69H60N12O30S3/c1-106-64-40-22-42-30-53(74(84)85)32-44(65(42)107-2)24-46-34-55(76(88)89)36-48(67(46)109-19-16-70-112(100,101)61-13-7-4-10-58(61)79(94)95)26-50-38-57(78(92)93)39-51(69(50)111-21-18-72-114(104,105)63-15-9-6-12-60(63)81(98)99)27-49-37-56(77(90)91)35-47(68(49)110-20-17-71-113(102,103)62-14-8-5-11-59(62)80(96)97)25-45-33-54(75(86)87)31-43(66(45)108-3)23-41(64)29-52(28-40)73(82)83/h4-15,28-39,70-72H,16-27H2,1-3H3. The lowest BCUT2D eigenvalue weighted by molar-refractivity contribution is -0.388. The van der Waals surface area contributed by atoms with Crippen molar-refractivity contribution in [2.24, 2.45) is 0 Å². The van der Waals surface area contributed by atoms with Gasteiger partial charge >= 0.3 is 0 Å². The molecule has 10 rings (SSSR count). The van der Waals surface area contributed by atoms with Crippen LogP contribution in [0.25, 0.3) is 0 Å². The lowest BCUT2D eigenvalue weighted by atomic mass is 9.90. The van der Waals surface area contributed by atoms with E-state index in [-0.39, 0.29) is 72.9 Å². The highest BCUT2D eigenvalue weighted by molar-refractivity contribution is 7.90. The number of sulfonamides is 3. The summed E-state index contributed by atoms with van der Waals surface area (Å²) in [5, 5.41) is 116. The Bertz CT molecular complexity index is 5550. The van der Waals surface area contributed by atoms with E-state index in [1.54, 1.807) is 0 Å². The Morgan fingerprint density at radius 1 is 0.272 bits per heavy atom. The summed E-state index contributed by atoms with van der Waals surface area (Å²) in [6, 6.07) is 24.1. The summed E-state index contributed by atoms with van der Waals surface area (Å²) < 4.78 is 127. The summed E-state index contributed by atoms with van der Waals surface area (Å²) in [6.07, 6.45) is -4.30. The number of hydrogen-bond donors (Lipinski definition) is 3. The van der Waals surface area contributed by atoms with Crippen molar-refractivity contribution in [2.75, 3.05) is 60.8 Å². The van der Waals surface area contributed by atoms with Crippen molar-refractivity contribution < 1.29 is 98.0 Å². The first-order chi connectivity index (χ1) is 54.0. The highest BCUT2D eigenvalue weighted by Gasteiger charge is 2.34. The molecule has 0 amide bonds. The van der Waals surface area contributed by atoms with E-state index in [0.717, 1.165) is 131 Å². The quantitative estimate of drug-likeness (QED) is 0.0214. The molecule has 9 aromatic rings. The number of para-hydroxylation sites is 3. The number of nitro benzene ring substituents is 9. The maximum Gasteiger partial charge on any atom is 0.289 e. The van der Waals surface area contributed by atoms with Crippen LogP contribution in [0.1, 0.15) is 66.8 Å². The third-order valence-electron chi connectivity index (χ3n) is 17.5. The van der Waals surface area contributed by atoms with Crippen molar-refractivity contribution in [2.45, 2.75) is 53.2 Å². The Hall–Kier alpha value is -13.9. The number of benzene rings is 9. The number of hydrogen-bond acceptors (Lipinski definition) is 30. The highest BCUT2D eigenvalue weighted by atomic mass is 32.2. The van der Waals surface area contributed by atoms with Crippen molar-refractivity contribution in [3.63, 3.8) is 0 Å². The highest BCUT2D eigenvalue weighted by Crippen LogP contribution is 2.46. The zero-order valence-corrected chi connectivity index (χ0v) is 61.8. The second-order valence-electron chi connectivity index (χ2n) is 24.7. The van der Waals surface area contributed by atoms with Gasteiger partial charge in [-0.15, -0.1) is 0 Å². The van der Waals surface area contributed by atoms with Gasteiger partial charge in [0.1, 0.15) is 54.3 Å². The number of methoxy groups -OCH3 is 3. The molecule has 1 aliphatic rings. The van der Waals surface area contributed by atoms with Crippen LogP contribution >= 0.6 is 0 Å². The topological polar surface area (TPSA) is 582 Å². The van der Waals surface area contributed by atoms with Crippen LogP contribution < -0.4 is 42.6 Å². The fraction of sp³-hybridized carbons (Fsp3) is 0.217. The number of ether oxygens (including phenoxy) is 6. The van der Waals surface area contributed by atoms with Crippen LogP contribution in [0.15, 0.2) is 160 Å². The molecule has 0 radical (unpaired) electrons. The van der Waals surface area contributed by atoms with Gasteiger partial charge in [-0.25, -0.2) is 39.4 Å². The molecule has 0 unspecified atom stereocenters. The Morgan fingerprint density at radius 2 is 0.439 bits per heavy atom. The van der Waals surface area contributed by atoms with E-state index in [9.17, 15) is 116 Å². The Balaban J connectivity index is 1.27. The molecule has 3 N–H and O–H groups in total. The first kappa shape index (κ1) is 82.6. The molecular formula is C69H60N12O30S3. The number of rotatable bonds is 30. The van der Waals surface area contributed by atoms with Crippen LogP contribution in [-0.2, 0) is 68.6 Å². The maximum absolute atomic E-state index is 13.9. The zero-order chi connectivity index (χ0) is 82.8. The zero-order valence-electron chi connectivity index (χ0n) is 59.3. The molecule has 114 heavy (non-hydrogen) atoms. The number of nitro groups is 9. The van der Waals surface area contributed by atoms with Crippen LogP contribution in [0.3, 0.4) is 0 Å². The molecule has 1 aliphatic carbocycles. The average Bonchev–Trinajstić information content (AvgIpc) is 0.768. The molecule has 0 saturated heterocycles. The fourth-order valence-corrected chi connectivity index (χ4v) is 16.5. The van der Waals surface area contributed by atoms with Crippen LogP contribution in [0, 0.1) is 91.0 Å². The van der Waals surface area contributed by atoms with Gasteiger partial charge in [-0.05, 0) is 18.2 Å². The fourth-order valence-electron chi connectivity index (χ4n) is 12.9. The van der Waals surface area contributed by atoms with Crippen LogP contribution in [0.4, 0.5) is 51.2 Å². The van der Waals surface area contributed by atoms with Gasteiger partial charge in [-0.1, -0.05) is 36.4 Å². The normalized spacial score (nSPS) is 12.2. The molecule has 0 fully saturated rings. The first-order valence-electron chi connectivity index (χ1n) is 33.1. The lowest BCUT2D eigenvalue weighted by Crippen LogP contribution is -2.29. The van der Waals surface area contributed by atoms with Crippen LogP contribution in [0.5, 0.6) is 34.5 Å². The van der Waals surface area contributed by atoms with E-state index in [1.165, 1.54) is 36.4 Å². The Kier molecular flexibility index (Phi) is 25.1. The minimum Gasteiger partial charge on any atom is -0.496 e. The number of fused-ring (bicyclic) bond motifs is 12. The second kappa shape index (κ2) is 34.6. The summed E-state index contributed by atoms with van der Waals surface area (Å²) in [7, 11) is -11.1. The predicted molar refractivity (Wildman–Crippen MR) is 396 cm³/mol. The number of nitrogens with zero attached hydrogens (tertiary/aromatic N) is 9. The van der Waals surface area contributed by atoms with Crippen LogP contribution in [-0.4, -0.2) is 130 Å². The smallest absolute Gasteiger partial charge is 0.289 e. The van der Waals surface area contributed by atoms with Crippen molar-refractivity contribution in [3.05, 3.63) is 303 Å². The van der Waals surface area contributed by atoms with E-state index in [4.69, 9.17) is 28.4 Å². The predicted octanol–water partition coefficient (Wildman–Crippen LogP) is 9.82. The van der Waals surface area contributed by atoms with Gasteiger partial charge in [0, 0.05) is 216 Å². The van der Waals surface area contributed by atoms with Crippen molar-refractivity contribution in [3.8, 4) is 34.5 Å². The molecule has 0 atom stereocenters. The van der Waals surface area contributed by atoms with Gasteiger partial charge in [0.15, 0.2) is 14.7 Å². The molecule has 594 valence electrons. The Morgan fingerprint density at radius 3 is 0.596 bits per heavy atom. The van der Waals surface area contributed by atoms with Gasteiger partial charge in [0.25, 0.3) is 51.2 Å². The summed E-state index contributed by atoms with van der Waals surface area (Å²) >= 11 is 0. The maximum atomic E-state index is 13.9. The molecule has 0 aromatic heterocycles. The van der Waals surface area contributed by atoms with Crippen LogP contribution in [0.2, 0.25) is 0 Å². The minimum absolute atomic E-state index is 0.0856. The molecule has 0 aliphatic heterocycles. The second-order valence-corrected chi connectivity index (χ2v) is 29.9. The van der Waals surface area contributed by atoms with E-state index in [2.05, 4.69) is 14.2 Å². The summed E-state index contributed by atoms with van der Waals surface area (Å²) in [4.78, 5) is 105. The van der Waals surface area contributed by atoms with Gasteiger partial charge in [-0.2, -0.15) is 0 Å². The SMILES string of the molecule is COc1c2cc([N+](=O)[O-])cc1Cc1cc([N+](=O)[O-])cc(c1OC)Cc1cc([N+](=O)[O-])cc(c1OCCNS(=O)(=O)c1ccccc1[N+](=O)[O-])Cc1cc([N+](=O)[O-])cc(c1OCCNS(=O)(=O)c1ccccc1[N+](=O)[O-])Cc1cc([N+](=O)[O-])cc(c1OCCNS(=O)(=O)c1ccccc1[N+](=O)[O-])Cc1cc([N+](=O)[O-])cc(c1OC)C2. The third-order valence-corrected chi connectivity index (χ3v) is 22.0. The third kappa shape index (κ3) is 18.6. The lowest BCUT2D eigenvalue weighted by Gasteiger charge is -2.22. The molecule has 9 aromatic carbocycles. The molecule has 42 nitrogen and oxygen atoms in total. The molecule has 0 heterocycles. The van der Waals surface area contributed by atoms with Gasteiger partial charge in [0.05, 0.1) is 65.6 Å². The summed E-state index contributed by atoms with van der Waals surface area (Å²) in [5.41, 5.74) is -9.88. The minimum atomic E-state index is -4.85. The summed E-state index contributed by atoms with van der Waals surface area (Å²) in [5.74, 6) is -2.00. The van der Waals surface area contributed by atoms with Crippen molar-refractivity contribution >= 4 is 81.3 Å². The van der Waals surface area contributed by atoms with Gasteiger partial charge < -0.3 is 28.4 Å². The van der Waals surface area contributed by atoms with E-state index in [1.807, 2.05) is 0 Å². The van der Waals surface area contributed by atoms with E-state index >= 15 is 0 Å². The largest absolute Gasteiger partial charge is 0.496 e. The number of nitrogens with one attached hydrogen (secondary N) is 3. The average molecular weight is 1630 g/mol. The molecule has 12 bridgehead atoms. The molecule has 45 heteroatoms. The monoisotopic (exact) mass is 1630 g/mol. The van der Waals surface area contributed by atoms with E-state index < -0.39 is 247 Å².